The van der Waals surface area contributed by atoms with Gasteiger partial charge in [-0.25, -0.2) is 21.6 Å². The average Bonchev–Trinajstić information content (AvgIpc) is 3.21. The summed E-state index contributed by atoms with van der Waals surface area (Å²) < 4.78 is 127. The third-order valence-corrected chi connectivity index (χ3v) is 17.8. The first-order chi connectivity index (χ1) is 39.5. The van der Waals surface area contributed by atoms with Gasteiger partial charge in [0.15, 0.2) is 21.3 Å². The summed E-state index contributed by atoms with van der Waals surface area (Å²) in [5.41, 5.74) is 3.69. The number of halogens is 3. The molecule has 0 spiro atoms. The number of amides is 1. The summed E-state index contributed by atoms with van der Waals surface area (Å²) >= 11 is 0. The second kappa shape index (κ2) is 27.0. The fourth-order valence-electron chi connectivity index (χ4n) is 10.4. The van der Waals surface area contributed by atoms with Crippen LogP contribution in [-0.2, 0) is 40.6 Å². The molecule has 3 heterocycles. The van der Waals surface area contributed by atoms with Gasteiger partial charge in [0.25, 0.3) is 5.91 Å². The molecule has 82 heavy (non-hydrogen) atoms. The molecule has 0 radical (unpaired) electrons. The van der Waals surface area contributed by atoms with E-state index >= 15 is 0 Å². The Kier molecular flexibility index (Phi) is 19.7. The predicted octanol–water partition coefficient (Wildman–Crippen LogP) is 7.94. The number of likely N-dealkylation sites (tertiary alicyclic amines) is 1. The van der Waals surface area contributed by atoms with Crippen LogP contribution in [0.4, 0.5) is 35.9 Å². The minimum absolute atomic E-state index is 0.0159. The number of para-hydroxylation sites is 4. The number of carbonyl (C=O) groups excluding carboxylic acids is 1. The first-order valence-corrected chi connectivity index (χ1v) is 30.4. The first-order valence-electron chi connectivity index (χ1n) is 27.2. The topological polar surface area (TPSA) is 211 Å². The van der Waals surface area contributed by atoms with Gasteiger partial charge in [-0.2, -0.15) is 13.2 Å². The minimum atomic E-state index is -4.47. The van der Waals surface area contributed by atoms with Crippen LogP contribution in [0.1, 0.15) is 48.2 Å². The molecule has 1 saturated heterocycles. The van der Waals surface area contributed by atoms with Crippen molar-refractivity contribution in [3.05, 3.63) is 127 Å². The monoisotopic (exact) mass is 1170 g/mol. The van der Waals surface area contributed by atoms with Crippen LogP contribution >= 0.6 is 0 Å². The number of ether oxygens (including phenoxy) is 5. The van der Waals surface area contributed by atoms with Gasteiger partial charge in [0.1, 0.15) is 12.3 Å². The summed E-state index contributed by atoms with van der Waals surface area (Å²) in [4.78, 5) is 17.1. The summed E-state index contributed by atoms with van der Waals surface area (Å²) in [6.07, 6.45) is -1.91. The first kappa shape index (κ1) is 59.7. The maximum atomic E-state index is 13.8. The van der Waals surface area contributed by atoms with E-state index in [0.717, 1.165) is 43.0 Å². The number of sulfonamides is 1. The Labute approximate surface area is 476 Å². The van der Waals surface area contributed by atoms with Crippen molar-refractivity contribution in [1.29, 1.82) is 0 Å². The van der Waals surface area contributed by atoms with Crippen LogP contribution in [-0.4, -0.2) is 153 Å². The van der Waals surface area contributed by atoms with Crippen LogP contribution in [0.15, 0.2) is 125 Å². The normalized spacial score (nSPS) is 17.7. The van der Waals surface area contributed by atoms with E-state index in [1.807, 2.05) is 59.5 Å². The Balaban J connectivity index is 0.652. The number of fused-ring (bicyclic) bond motifs is 3. The van der Waals surface area contributed by atoms with Crippen molar-refractivity contribution in [3.63, 3.8) is 0 Å². The van der Waals surface area contributed by atoms with Crippen molar-refractivity contribution < 1.29 is 63.6 Å². The van der Waals surface area contributed by atoms with Gasteiger partial charge in [-0.1, -0.05) is 36.3 Å². The molecule has 3 aliphatic rings. The van der Waals surface area contributed by atoms with E-state index in [9.17, 15) is 39.9 Å². The van der Waals surface area contributed by atoms with Crippen molar-refractivity contribution in [2.45, 2.75) is 78.8 Å². The zero-order valence-corrected chi connectivity index (χ0v) is 47.3. The van der Waals surface area contributed by atoms with Gasteiger partial charge in [0.2, 0.25) is 10.0 Å². The molecule has 1 amide bonds. The van der Waals surface area contributed by atoms with E-state index in [-0.39, 0.29) is 91.3 Å². The highest BCUT2D eigenvalue weighted by molar-refractivity contribution is 7.91. The van der Waals surface area contributed by atoms with Crippen molar-refractivity contribution in [2.24, 2.45) is 0 Å². The number of carbonyl (C=O) groups is 1. The molecule has 6 aromatic rings. The van der Waals surface area contributed by atoms with Crippen LogP contribution < -0.4 is 35.0 Å². The highest BCUT2D eigenvalue weighted by atomic mass is 32.2. The molecule has 5 N–H and O–H groups in total. The molecule has 18 nitrogen and oxygen atoms in total. The van der Waals surface area contributed by atoms with Gasteiger partial charge in [0.05, 0.1) is 115 Å². The largest absolute Gasteiger partial charge is 0.495 e. The molecule has 2 unspecified atom stereocenters. The summed E-state index contributed by atoms with van der Waals surface area (Å²) in [5, 5.41) is 21.7. The van der Waals surface area contributed by atoms with Crippen LogP contribution in [0, 0.1) is 11.8 Å². The van der Waals surface area contributed by atoms with Crippen LogP contribution in [0.5, 0.6) is 17.2 Å². The highest BCUT2D eigenvalue weighted by Gasteiger charge is 2.41. The lowest BCUT2D eigenvalue weighted by atomic mass is 9.86. The standard InChI is InChI=1S/C59H68F3N7O11S2/c1-67-29-25-42(26-30-67)65-47-11-7-15-50-46(47)38-43(68(50)40-59(60,61)62)10-9-27-63-48-24-23-45(39-56(48)76-2)81(72,73)37-36-79-35-34-78-33-32-77-31-28-64-58(71)41-19-21-44(22-20-41)82(74,75)66-49-12-8-16-53(57(49)70)69-51-13-3-5-17-54(51)80-55-18-6-4-14-52(55)69/h3-7,11,13-15,17-24,38-39,42,49,53,57,63,65-66,70H,8,12,16,25-37,40H2,1-2H3,(H,64,71)/t49?,53-,57?/m0/s1. The lowest BCUT2D eigenvalue weighted by molar-refractivity contribution is -0.140. The van der Waals surface area contributed by atoms with Gasteiger partial charge in [-0.05, 0) is 137 Å². The Hall–Kier alpha value is -6.88. The molecule has 9 rings (SSSR count). The molecule has 3 atom stereocenters. The molecule has 438 valence electrons. The Morgan fingerprint density at radius 1 is 0.768 bits per heavy atom. The van der Waals surface area contributed by atoms with Gasteiger partial charge in [0, 0.05) is 35.3 Å². The number of hydrogen-bond donors (Lipinski definition) is 5. The number of rotatable bonds is 24. The number of methoxy groups -OCH3 is 1. The van der Waals surface area contributed by atoms with E-state index in [4.69, 9.17) is 23.7 Å². The molecule has 2 fully saturated rings. The minimum Gasteiger partial charge on any atom is -0.495 e. The molecular weight excluding hydrogens is 1100 g/mol. The second-order valence-corrected chi connectivity index (χ2v) is 24.1. The third kappa shape index (κ3) is 15.0. The Bertz CT molecular complexity index is 3410. The van der Waals surface area contributed by atoms with Crippen molar-refractivity contribution in [2.75, 3.05) is 101 Å². The van der Waals surface area contributed by atoms with Crippen molar-refractivity contribution in [3.8, 4) is 29.1 Å². The van der Waals surface area contributed by atoms with E-state index in [1.54, 1.807) is 24.3 Å². The number of anilines is 4. The highest BCUT2D eigenvalue weighted by Crippen LogP contribution is 2.49. The molecular formula is C59H68F3N7O11S2. The number of aliphatic hydroxyl groups excluding tert-OH is 1. The van der Waals surface area contributed by atoms with Crippen LogP contribution in [0.2, 0.25) is 0 Å². The van der Waals surface area contributed by atoms with Crippen molar-refractivity contribution in [1.82, 2.24) is 19.5 Å². The molecule has 1 aromatic heterocycles. The molecule has 2 aliphatic heterocycles. The number of aromatic nitrogens is 1. The predicted molar refractivity (Wildman–Crippen MR) is 307 cm³/mol. The van der Waals surface area contributed by atoms with Gasteiger partial charge < -0.3 is 59.1 Å². The van der Waals surface area contributed by atoms with E-state index in [1.165, 1.54) is 48.1 Å². The quantitative estimate of drug-likeness (QED) is 0.0288. The van der Waals surface area contributed by atoms with E-state index in [2.05, 4.69) is 44.5 Å². The van der Waals surface area contributed by atoms with Crippen LogP contribution in [0.3, 0.4) is 0 Å². The zero-order chi connectivity index (χ0) is 57.9. The van der Waals surface area contributed by atoms with Crippen molar-refractivity contribution >= 4 is 59.4 Å². The lowest BCUT2D eigenvalue weighted by Gasteiger charge is -2.44. The number of benzene rings is 5. The lowest BCUT2D eigenvalue weighted by Crippen LogP contribution is -2.56. The summed E-state index contributed by atoms with van der Waals surface area (Å²) in [7, 11) is -4.38. The molecule has 5 aromatic carbocycles. The number of nitrogens with zero attached hydrogens (tertiary/aromatic N) is 3. The third-order valence-electron chi connectivity index (χ3n) is 14.6. The maximum absolute atomic E-state index is 13.8. The number of aliphatic hydroxyl groups is 1. The summed E-state index contributed by atoms with van der Waals surface area (Å²) in [6, 6.07) is 31.0. The Morgan fingerprint density at radius 3 is 2.11 bits per heavy atom. The van der Waals surface area contributed by atoms with E-state index in [0.29, 0.717) is 47.4 Å². The number of hydrogen-bond acceptors (Lipinski definition) is 15. The summed E-state index contributed by atoms with van der Waals surface area (Å²) in [6.45, 7) is 1.72. The Morgan fingerprint density at radius 2 is 1.43 bits per heavy atom. The van der Waals surface area contributed by atoms with Gasteiger partial charge in [-0.3, -0.25) is 4.79 Å². The van der Waals surface area contributed by atoms with E-state index < -0.39 is 56.7 Å². The number of piperidine rings is 1. The van der Waals surface area contributed by atoms with Crippen LogP contribution in [0.25, 0.3) is 10.9 Å². The maximum Gasteiger partial charge on any atom is 0.406 e. The average molecular weight is 1170 g/mol. The number of sulfone groups is 1. The fourth-order valence-corrected chi connectivity index (χ4v) is 12.8. The summed E-state index contributed by atoms with van der Waals surface area (Å²) in [5.74, 6) is 6.64. The molecule has 23 heteroatoms. The SMILES string of the molecule is COc1cc(S(=O)(=O)CCOCCOCCOCCNC(=O)c2ccc(S(=O)(=O)NC3CCC[C@H](N4c5ccccc5Oc5ccccc54)C3O)cc2)ccc1NCC#Cc1cc2c(NC3CCN(C)CC3)cccc2n1CC(F)(F)F. The molecule has 1 saturated carbocycles. The smallest absolute Gasteiger partial charge is 0.406 e. The second-order valence-electron chi connectivity index (χ2n) is 20.3. The van der Waals surface area contributed by atoms with Gasteiger partial charge in [-0.15, -0.1) is 0 Å². The fraction of sp³-hybridized carbons (Fsp3) is 0.407. The number of nitrogens with one attached hydrogen (secondary N) is 4. The molecule has 1 aliphatic carbocycles. The molecule has 0 bridgehead atoms. The number of alkyl halides is 3. The zero-order valence-electron chi connectivity index (χ0n) is 45.6. The van der Waals surface area contributed by atoms with Gasteiger partial charge >= 0.3 is 6.18 Å².